The number of nitrogens with one attached hydrogen (secondary N) is 2. The number of non-ortho nitro benzene ring substituents is 1. The van der Waals surface area contributed by atoms with Crippen LogP contribution in [0.1, 0.15) is 35.2 Å². The Balaban J connectivity index is 1.72. The first-order chi connectivity index (χ1) is 13.4. The van der Waals surface area contributed by atoms with Crippen LogP contribution in [-0.2, 0) is 14.3 Å². The Morgan fingerprint density at radius 2 is 1.68 bits per heavy atom. The SMILES string of the molecule is C[C@H](CC(=O)OCC(=O)NNC(=O)c1ccc([N+](=O)[O-])cc1)c1ccccc1. The minimum absolute atomic E-state index is 0.0569. The van der Waals surface area contributed by atoms with Gasteiger partial charge in [-0.05, 0) is 23.6 Å². The molecule has 9 nitrogen and oxygen atoms in total. The largest absolute Gasteiger partial charge is 0.455 e. The predicted octanol–water partition coefficient (Wildman–Crippen LogP) is 2.09. The molecule has 0 spiro atoms. The normalized spacial score (nSPS) is 11.2. The number of benzene rings is 2. The van der Waals surface area contributed by atoms with Crippen molar-refractivity contribution in [1.29, 1.82) is 0 Å². The van der Waals surface area contributed by atoms with Crippen molar-refractivity contribution < 1.29 is 24.0 Å². The highest BCUT2D eigenvalue weighted by Gasteiger charge is 2.14. The van der Waals surface area contributed by atoms with Crippen LogP contribution >= 0.6 is 0 Å². The average Bonchev–Trinajstić information content (AvgIpc) is 2.71. The zero-order valence-corrected chi connectivity index (χ0v) is 15.1. The third-order valence-electron chi connectivity index (χ3n) is 3.86. The number of hydrogen-bond donors (Lipinski definition) is 2. The molecular weight excluding hydrogens is 366 g/mol. The summed E-state index contributed by atoms with van der Waals surface area (Å²) in [6.07, 6.45) is 0.118. The highest BCUT2D eigenvalue weighted by Crippen LogP contribution is 2.18. The fourth-order valence-electron chi connectivity index (χ4n) is 2.32. The van der Waals surface area contributed by atoms with E-state index < -0.39 is 29.3 Å². The molecule has 1 atom stereocenters. The summed E-state index contributed by atoms with van der Waals surface area (Å²) in [5.41, 5.74) is 5.20. The molecule has 0 bridgehead atoms. The van der Waals surface area contributed by atoms with E-state index in [1.165, 1.54) is 24.3 Å². The van der Waals surface area contributed by atoms with Crippen molar-refractivity contribution in [3.05, 3.63) is 75.8 Å². The summed E-state index contributed by atoms with van der Waals surface area (Å²) in [5.74, 6) is -1.96. The van der Waals surface area contributed by atoms with Crippen LogP contribution in [-0.4, -0.2) is 29.3 Å². The number of ether oxygens (including phenoxy) is 1. The summed E-state index contributed by atoms with van der Waals surface area (Å²) in [5, 5.41) is 10.6. The van der Waals surface area contributed by atoms with Gasteiger partial charge in [0.05, 0.1) is 11.3 Å². The molecule has 146 valence electrons. The molecular formula is C19H19N3O6. The number of rotatable bonds is 7. The molecule has 0 saturated carbocycles. The van der Waals surface area contributed by atoms with Crippen LogP contribution < -0.4 is 10.9 Å². The number of esters is 1. The van der Waals surface area contributed by atoms with Crippen molar-refractivity contribution in [3.63, 3.8) is 0 Å². The van der Waals surface area contributed by atoms with E-state index in [1.807, 2.05) is 37.3 Å². The van der Waals surface area contributed by atoms with Crippen LogP contribution in [0.15, 0.2) is 54.6 Å². The van der Waals surface area contributed by atoms with E-state index in [4.69, 9.17) is 4.74 Å². The van der Waals surface area contributed by atoms with Crippen molar-refractivity contribution >= 4 is 23.5 Å². The summed E-state index contributed by atoms with van der Waals surface area (Å²) < 4.78 is 4.90. The summed E-state index contributed by atoms with van der Waals surface area (Å²) in [4.78, 5) is 45.4. The monoisotopic (exact) mass is 385 g/mol. The van der Waals surface area contributed by atoms with Gasteiger partial charge in [0.15, 0.2) is 6.61 Å². The zero-order valence-electron chi connectivity index (χ0n) is 15.1. The van der Waals surface area contributed by atoms with Gasteiger partial charge in [-0.25, -0.2) is 0 Å². The second-order valence-corrected chi connectivity index (χ2v) is 5.98. The average molecular weight is 385 g/mol. The number of hydrogen-bond acceptors (Lipinski definition) is 6. The molecule has 2 amide bonds. The van der Waals surface area contributed by atoms with E-state index in [-0.39, 0.29) is 23.6 Å². The van der Waals surface area contributed by atoms with E-state index in [0.29, 0.717) is 0 Å². The molecule has 2 N–H and O–H groups in total. The van der Waals surface area contributed by atoms with Gasteiger partial charge in [-0.3, -0.25) is 35.3 Å². The zero-order chi connectivity index (χ0) is 20.5. The number of carbonyl (C=O) groups excluding carboxylic acids is 3. The van der Waals surface area contributed by atoms with E-state index in [9.17, 15) is 24.5 Å². The van der Waals surface area contributed by atoms with Crippen molar-refractivity contribution in [2.75, 3.05) is 6.61 Å². The molecule has 0 aliphatic rings. The third-order valence-corrected chi connectivity index (χ3v) is 3.86. The second-order valence-electron chi connectivity index (χ2n) is 5.98. The molecule has 9 heteroatoms. The number of nitro benzene ring substituents is 1. The van der Waals surface area contributed by atoms with Crippen LogP contribution in [0.3, 0.4) is 0 Å². The number of carbonyl (C=O) groups is 3. The highest BCUT2D eigenvalue weighted by molar-refractivity contribution is 5.95. The Hall–Kier alpha value is -3.75. The maximum atomic E-state index is 11.9. The first kappa shape index (κ1) is 20.6. The van der Waals surface area contributed by atoms with Gasteiger partial charge in [0.1, 0.15) is 0 Å². The topological polar surface area (TPSA) is 128 Å². The van der Waals surface area contributed by atoms with Crippen molar-refractivity contribution in [2.45, 2.75) is 19.3 Å². The Kier molecular flexibility index (Phi) is 7.21. The molecule has 0 fully saturated rings. The maximum absolute atomic E-state index is 11.9. The Labute approximate surface area is 160 Å². The molecule has 0 aromatic heterocycles. The first-order valence-electron chi connectivity index (χ1n) is 8.41. The number of nitrogens with zero attached hydrogens (tertiary/aromatic N) is 1. The standard InChI is InChI=1S/C19H19N3O6/c1-13(14-5-3-2-4-6-14)11-18(24)28-12-17(23)20-21-19(25)15-7-9-16(10-8-15)22(26)27/h2-10,13H,11-12H2,1H3,(H,20,23)(H,21,25)/t13-/m1/s1. The van der Waals surface area contributed by atoms with Crippen LogP contribution in [0.25, 0.3) is 0 Å². The van der Waals surface area contributed by atoms with Crippen LogP contribution in [0, 0.1) is 10.1 Å². The summed E-state index contributed by atoms with van der Waals surface area (Å²) in [6, 6.07) is 14.3. The summed E-state index contributed by atoms with van der Waals surface area (Å²) >= 11 is 0. The van der Waals surface area contributed by atoms with Crippen molar-refractivity contribution in [1.82, 2.24) is 10.9 Å². The summed E-state index contributed by atoms with van der Waals surface area (Å²) in [7, 11) is 0. The molecule has 0 aliphatic carbocycles. The Morgan fingerprint density at radius 3 is 2.29 bits per heavy atom. The van der Waals surface area contributed by atoms with Gasteiger partial charge < -0.3 is 4.74 Å². The van der Waals surface area contributed by atoms with E-state index in [1.54, 1.807) is 0 Å². The van der Waals surface area contributed by atoms with Gasteiger partial charge in [-0.15, -0.1) is 0 Å². The minimum Gasteiger partial charge on any atom is -0.455 e. The van der Waals surface area contributed by atoms with Crippen LogP contribution in [0.5, 0.6) is 0 Å². The van der Waals surface area contributed by atoms with E-state index in [2.05, 4.69) is 10.9 Å². The lowest BCUT2D eigenvalue weighted by molar-refractivity contribution is -0.384. The van der Waals surface area contributed by atoms with E-state index in [0.717, 1.165) is 5.56 Å². The fourth-order valence-corrected chi connectivity index (χ4v) is 2.32. The summed E-state index contributed by atoms with van der Waals surface area (Å²) in [6.45, 7) is 1.34. The lowest BCUT2D eigenvalue weighted by Crippen LogP contribution is -2.43. The number of amides is 2. The van der Waals surface area contributed by atoms with Gasteiger partial charge in [-0.1, -0.05) is 37.3 Å². The predicted molar refractivity (Wildman–Crippen MR) is 99.1 cm³/mol. The third kappa shape index (κ3) is 6.20. The molecule has 0 saturated heterocycles. The lowest BCUT2D eigenvalue weighted by atomic mass is 9.98. The molecule has 28 heavy (non-hydrogen) atoms. The van der Waals surface area contributed by atoms with Gasteiger partial charge in [0.25, 0.3) is 17.5 Å². The fraction of sp³-hybridized carbons (Fsp3) is 0.211. The van der Waals surface area contributed by atoms with Gasteiger partial charge >= 0.3 is 5.97 Å². The van der Waals surface area contributed by atoms with Crippen molar-refractivity contribution in [2.24, 2.45) is 0 Å². The first-order valence-corrected chi connectivity index (χ1v) is 8.41. The van der Waals surface area contributed by atoms with Crippen molar-refractivity contribution in [3.8, 4) is 0 Å². The second kappa shape index (κ2) is 9.81. The minimum atomic E-state index is -0.712. The molecule has 2 aromatic rings. The maximum Gasteiger partial charge on any atom is 0.306 e. The molecule has 0 unspecified atom stereocenters. The molecule has 0 radical (unpaired) electrons. The quantitative estimate of drug-likeness (QED) is 0.427. The highest BCUT2D eigenvalue weighted by atomic mass is 16.6. The molecule has 0 aliphatic heterocycles. The van der Waals surface area contributed by atoms with Gasteiger partial charge in [-0.2, -0.15) is 0 Å². The van der Waals surface area contributed by atoms with Crippen LogP contribution in [0.4, 0.5) is 5.69 Å². The molecule has 2 aromatic carbocycles. The number of nitro groups is 1. The number of hydrazine groups is 1. The lowest BCUT2D eigenvalue weighted by Gasteiger charge is -2.12. The Bertz CT molecular complexity index is 852. The molecule has 0 heterocycles. The van der Waals surface area contributed by atoms with Gasteiger partial charge in [0, 0.05) is 17.7 Å². The van der Waals surface area contributed by atoms with Gasteiger partial charge in [0.2, 0.25) is 0 Å². The smallest absolute Gasteiger partial charge is 0.306 e. The van der Waals surface area contributed by atoms with E-state index >= 15 is 0 Å². The Morgan fingerprint density at radius 1 is 1.04 bits per heavy atom. The van der Waals surface area contributed by atoms with Crippen LogP contribution in [0.2, 0.25) is 0 Å². The molecule has 2 rings (SSSR count).